The Labute approximate surface area is 166 Å². The van der Waals surface area contributed by atoms with Crippen molar-refractivity contribution in [3.05, 3.63) is 16.1 Å². The normalized spacial score (nSPS) is 19.0. The molecular weight excluding hydrogens is 439 g/mol. The molecule has 2 rings (SSSR count). The van der Waals surface area contributed by atoms with Crippen LogP contribution in [0.4, 0.5) is 0 Å². The molecule has 1 fully saturated rings. The number of guanidine groups is 1. The molecule has 2 heterocycles. The minimum absolute atomic E-state index is 0. The maximum atomic E-state index is 5.64. The first-order valence-electron chi connectivity index (χ1n) is 8.22. The lowest BCUT2D eigenvalue weighted by Crippen LogP contribution is -2.39. The van der Waals surface area contributed by atoms with Gasteiger partial charge in [0.05, 0.1) is 24.9 Å². The second kappa shape index (κ2) is 11.2. The number of nitrogens with one attached hydrogen (secondary N) is 1. The molecule has 0 amide bonds. The van der Waals surface area contributed by atoms with Crippen molar-refractivity contribution in [3.63, 3.8) is 0 Å². The average Bonchev–Trinajstić information content (AvgIpc) is 3.22. The van der Waals surface area contributed by atoms with Crippen molar-refractivity contribution in [1.29, 1.82) is 0 Å². The first kappa shape index (κ1) is 21.6. The van der Waals surface area contributed by atoms with E-state index in [0.29, 0.717) is 0 Å². The lowest BCUT2D eigenvalue weighted by Gasteiger charge is -2.21. The van der Waals surface area contributed by atoms with Crippen LogP contribution in [0.1, 0.15) is 43.5 Å². The highest BCUT2D eigenvalue weighted by Gasteiger charge is 2.16. The summed E-state index contributed by atoms with van der Waals surface area (Å²) in [4.78, 5) is 11.5. The molecule has 0 spiro atoms. The standard InChI is InChI=1S/C16H28N4O2S.HI/c1-5-17-16(18-9-14-7-6-8-22-14)20(3)10-13-11-23-15(19-13)12(2)21-4;/h11-12,14H,5-10H2,1-4H3,(H,17,18);1H. The lowest BCUT2D eigenvalue weighted by molar-refractivity contribution is 0.117. The van der Waals surface area contributed by atoms with E-state index in [9.17, 15) is 0 Å². The summed E-state index contributed by atoms with van der Waals surface area (Å²) < 4.78 is 11.0. The van der Waals surface area contributed by atoms with E-state index in [1.165, 1.54) is 0 Å². The zero-order valence-electron chi connectivity index (χ0n) is 14.9. The van der Waals surface area contributed by atoms with Crippen LogP contribution in [-0.2, 0) is 16.0 Å². The summed E-state index contributed by atoms with van der Waals surface area (Å²) in [7, 11) is 3.74. The topological polar surface area (TPSA) is 59.0 Å². The summed E-state index contributed by atoms with van der Waals surface area (Å²) >= 11 is 1.64. The van der Waals surface area contributed by atoms with E-state index in [4.69, 9.17) is 14.5 Å². The number of thiazole rings is 1. The number of hydrogen-bond acceptors (Lipinski definition) is 5. The second-order valence-electron chi connectivity index (χ2n) is 5.74. The van der Waals surface area contributed by atoms with Crippen molar-refractivity contribution in [2.24, 2.45) is 4.99 Å². The Morgan fingerprint density at radius 2 is 2.42 bits per heavy atom. The third-order valence-corrected chi connectivity index (χ3v) is 4.89. The third-order valence-electron chi connectivity index (χ3n) is 3.84. The Kier molecular flexibility index (Phi) is 10.1. The summed E-state index contributed by atoms with van der Waals surface area (Å²) in [5.74, 6) is 0.900. The van der Waals surface area contributed by atoms with Gasteiger partial charge in [0.15, 0.2) is 5.96 Å². The molecule has 6 nitrogen and oxygen atoms in total. The highest BCUT2D eigenvalue weighted by Crippen LogP contribution is 2.21. The molecule has 1 aromatic heterocycles. The summed E-state index contributed by atoms with van der Waals surface area (Å²) in [5, 5.41) is 6.44. The predicted molar refractivity (Wildman–Crippen MR) is 109 cm³/mol. The van der Waals surface area contributed by atoms with Crippen LogP contribution in [0.25, 0.3) is 0 Å². The summed E-state index contributed by atoms with van der Waals surface area (Å²) in [6.45, 7) is 7.25. The van der Waals surface area contributed by atoms with Gasteiger partial charge in [0, 0.05) is 32.7 Å². The molecule has 2 unspecified atom stereocenters. The zero-order valence-corrected chi connectivity index (χ0v) is 18.1. The molecule has 1 aromatic rings. The number of halogens is 1. The molecule has 1 aliphatic heterocycles. The first-order chi connectivity index (χ1) is 11.1. The number of nitrogens with zero attached hydrogens (tertiary/aromatic N) is 3. The van der Waals surface area contributed by atoms with Crippen LogP contribution in [0.2, 0.25) is 0 Å². The minimum atomic E-state index is 0. The van der Waals surface area contributed by atoms with Gasteiger partial charge in [-0.25, -0.2) is 4.98 Å². The van der Waals surface area contributed by atoms with Gasteiger partial charge in [-0.05, 0) is 26.7 Å². The number of aliphatic imine (C=N–C) groups is 1. The quantitative estimate of drug-likeness (QED) is 0.379. The van der Waals surface area contributed by atoms with Gasteiger partial charge in [0.25, 0.3) is 0 Å². The molecular formula is C16H29IN4O2S. The number of aromatic nitrogens is 1. The van der Waals surface area contributed by atoms with Gasteiger partial charge in [-0.1, -0.05) is 0 Å². The van der Waals surface area contributed by atoms with Gasteiger partial charge >= 0.3 is 0 Å². The van der Waals surface area contributed by atoms with Crippen LogP contribution in [0, 0.1) is 0 Å². The van der Waals surface area contributed by atoms with E-state index in [2.05, 4.69) is 27.5 Å². The Balaban J connectivity index is 0.00000288. The molecule has 1 saturated heterocycles. The number of hydrogen-bond donors (Lipinski definition) is 1. The van der Waals surface area contributed by atoms with Gasteiger partial charge < -0.3 is 19.7 Å². The maximum absolute atomic E-state index is 5.64. The van der Waals surface area contributed by atoms with Crippen LogP contribution in [-0.4, -0.2) is 55.8 Å². The molecule has 0 aliphatic carbocycles. The van der Waals surface area contributed by atoms with Crippen molar-refractivity contribution in [2.75, 3.05) is 33.9 Å². The Bertz CT molecular complexity index is 506. The van der Waals surface area contributed by atoms with Gasteiger partial charge in [0.1, 0.15) is 11.1 Å². The van der Waals surface area contributed by atoms with Crippen LogP contribution in [0.15, 0.2) is 10.4 Å². The molecule has 2 atom stereocenters. The van der Waals surface area contributed by atoms with E-state index in [1.54, 1.807) is 18.4 Å². The van der Waals surface area contributed by atoms with Crippen molar-refractivity contribution in [2.45, 2.75) is 45.4 Å². The van der Waals surface area contributed by atoms with Crippen LogP contribution in [0.3, 0.4) is 0 Å². The van der Waals surface area contributed by atoms with E-state index < -0.39 is 0 Å². The van der Waals surface area contributed by atoms with Crippen molar-refractivity contribution < 1.29 is 9.47 Å². The van der Waals surface area contributed by atoms with Gasteiger partial charge in [-0.3, -0.25) is 4.99 Å². The Morgan fingerprint density at radius 3 is 3.04 bits per heavy atom. The van der Waals surface area contributed by atoms with E-state index in [-0.39, 0.29) is 36.2 Å². The number of rotatable bonds is 7. The summed E-state index contributed by atoms with van der Waals surface area (Å²) in [5.41, 5.74) is 1.04. The summed E-state index contributed by atoms with van der Waals surface area (Å²) in [6, 6.07) is 0. The summed E-state index contributed by atoms with van der Waals surface area (Å²) in [6.07, 6.45) is 2.56. The smallest absolute Gasteiger partial charge is 0.194 e. The van der Waals surface area contributed by atoms with Gasteiger partial charge in [-0.2, -0.15) is 0 Å². The minimum Gasteiger partial charge on any atom is -0.376 e. The molecule has 24 heavy (non-hydrogen) atoms. The van der Waals surface area contributed by atoms with Crippen molar-refractivity contribution >= 4 is 41.3 Å². The lowest BCUT2D eigenvalue weighted by atomic mass is 10.2. The van der Waals surface area contributed by atoms with Crippen LogP contribution in [0.5, 0.6) is 0 Å². The van der Waals surface area contributed by atoms with Crippen molar-refractivity contribution in [1.82, 2.24) is 15.2 Å². The highest BCUT2D eigenvalue weighted by molar-refractivity contribution is 14.0. The molecule has 8 heteroatoms. The fourth-order valence-electron chi connectivity index (χ4n) is 2.45. The van der Waals surface area contributed by atoms with Gasteiger partial charge in [0.2, 0.25) is 0 Å². The van der Waals surface area contributed by atoms with Crippen molar-refractivity contribution in [3.8, 4) is 0 Å². The second-order valence-corrected chi connectivity index (χ2v) is 6.63. The first-order valence-corrected chi connectivity index (χ1v) is 9.10. The predicted octanol–water partition coefficient (Wildman–Crippen LogP) is 3.04. The van der Waals surface area contributed by atoms with E-state index in [0.717, 1.165) is 55.7 Å². The molecule has 0 radical (unpaired) electrons. The van der Waals surface area contributed by atoms with E-state index >= 15 is 0 Å². The molecule has 138 valence electrons. The number of methoxy groups -OCH3 is 1. The maximum Gasteiger partial charge on any atom is 0.194 e. The molecule has 0 bridgehead atoms. The molecule has 1 aliphatic rings. The zero-order chi connectivity index (χ0) is 16.7. The van der Waals surface area contributed by atoms with Crippen LogP contribution >= 0.6 is 35.3 Å². The molecule has 1 N–H and O–H groups in total. The Hall–Kier alpha value is -0.450. The SMILES string of the molecule is CCNC(=NCC1CCCO1)N(C)Cc1csc(C(C)OC)n1.I. The fourth-order valence-corrected chi connectivity index (χ4v) is 3.29. The monoisotopic (exact) mass is 468 g/mol. The highest BCUT2D eigenvalue weighted by atomic mass is 127. The van der Waals surface area contributed by atoms with Crippen LogP contribution < -0.4 is 5.32 Å². The van der Waals surface area contributed by atoms with Gasteiger partial charge in [-0.15, -0.1) is 35.3 Å². The fraction of sp³-hybridized carbons (Fsp3) is 0.750. The molecule has 0 saturated carbocycles. The Morgan fingerprint density at radius 1 is 1.62 bits per heavy atom. The van der Waals surface area contributed by atoms with E-state index in [1.807, 2.05) is 14.0 Å². The molecule has 0 aromatic carbocycles. The third kappa shape index (κ3) is 6.45. The largest absolute Gasteiger partial charge is 0.376 e. The average molecular weight is 468 g/mol. The number of ether oxygens (including phenoxy) is 2.